The highest BCUT2D eigenvalue weighted by Gasteiger charge is 2.28. The average Bonchev–Trinajstić information content (AvgIpc) is 2.65. The third-order valence-corrected chi connectivity index (χ3v) is 2.19. The Morgan fingerprint density at radius 1 is 1.70 bits per heavy atom. The summed E-state index contributed by atoms with van der Waals surface area (Å²) in [4.78, 5) is 0. The first-order valence-corrected chi connectivity index (χ1v) is 3.78. The van der Waals surface area contributed by atoms with Gasteiger partial charge < -0.3 is 0 Å². The molecule has 0 bridgehead atoms. The molecule has 0 saturated heterocycles. The van der Waals surface area contributed by atoms with Crippen LogP contribution in [0, 0.1) is 12.0 Å². The second-order valence-corrected chi connectivity index (χ2v) is 3.00. The Morgan fingerprint density at radius 2 is 2.50 bits per heavy atom. The smallest absolute Gasteiger partial charge is 0.0569 e. The lowest BCUT2D eigenvalue weighted by Crippen LogP contribution is -2.06. The van der Waals surface area contributed by atoms with E-state index in [0.29, 0.717) is 6.04 Å². The SMILES string of the molecule is CC(C1CC1)n1c[c]cn1. The minimum atomic E-state index is 0.589. The molecule has 53 valence electrons. The van der Waals surface area contributed by atoms with Crippen molar-refractivity contribution in [3.63, 3.8) is 0 Å². The minimum Gasteiger partial charge on any atom is -0.269 e. The van der Waals surface area contributed by atoms with Gasteiger partial charge in [0.2, 0.25) is 0 Å². The zero-order chi connectivity index (χ0) is 6.97. The first-order valence-electron chi connectivity index (χ1n) is 3.78. The Hall–Kier alpha value is -0.790. The van der Waals surface area contributed by atoms with Gasteiger partial charge in [-0.1, -0.05) is 0 Å². The van der Waals surface area contributed by atoms with Crippen molar-refractivity contribution in [1.82, 2.24) is 9.78 Å². The van der Waals surface area contributed by atoms with Crippen molar-refractivity contribution >= 4 is 0 Å². The van der Waals surface area contributed by atoms with Crippen LogP contribution in [-0.4, -0.2) is 9.78 Å². The molecule has 0 spiro atoms. The fourth-order valence-corrected chi connectivity index (χ4v) is 1.26. The zero-order valence-electron chi connectivity index (χ0n) is 6.12. The van der Waals surface area contributed by atoms with E-state index in [-0.39, 0.29) is 0 Å². The molecule has 1 atom stereocenters. The predicted octanol–water partition coefficient (Wildman–Crippen LogP) is 1.65. The highest BCUT2D eigenvalue weighted by Crippen LogP contribution is 2.38. The zero-order valence-corrected chi connectivity index (χ0v) is 6.12. The predicted molar refractivity (Wildman–Crippen MR) is 38.5 cm³/mol. The number of hydrogen-bond donors (Lipinski definition) is 0. The maximum absolute atomic E-state index is 4.14. The summed E-state index contributed by atoms with van der Waals surface area (Å²) in [6.07, 6.45) is 6.39. The van der Waals surface area contributed by atoms with Crippen molar-refractivity contribution in [2.45, 2.75) is 25.8 Å². The lowest BCUT2D eigenvalue weighted by molar-refractivity contribution is 0.440. The molecule has 1 aliphatic carbocycles. The van der Waals surface area contributed by atoms with Crippen LogP contribution in [0.1, 0.15) is 25.8 Å². The molecule has 0 aromatic carbocycles. The van der Waals surface area contributed by atoms with Crippen molar-refractivity contribution in [3.05, 3.63) is 18.5 Å². The van der Waals surface area contributed by atoms with Gasteiger partial charge in [-0.3, -0.25) is 4.68 Å². The normalized spacial score (nSPS) is 20.9. The molecule has 1 aromatic heterocycles. The molecule has 0 amide bonds. The summed E-state index contributed by atoms with van der Waals surface area (Å²) in [7, 11) is 0. The highest BCUT2D eigenvalue weighted by molar-refractivity contribution is 4.86. The van der Waals surface area contributed by atoms with E-state index in [1.54, 1.807) is 6.20 Å². The van der Waals surface area contributed by atoms with Crippen molar-refractivity contribution in [1.29, 1.82) is 0 Å². The Kier molecular flexibility index (Phi) is 1.26. The average molecular weight is 135 g/mol. The molecule has 0 N–H and O–H groups in total. The molecule has 2 nitrogen and oxygen atoms in total. The number of rotatable bonds is 2. The van der Waals surface area contributed by atoms with Gasteiger partial charge in [0.05, 0.1) is 12.2 Å². The minimum absolute atomic E-state index is 0.589. The lowest BCUT2D eigenvalue weighted by atomic mass is 10.2. The van der Waals surface area contributed by atoms with E-state index in [2.05, 4.69) is 18.1 Å². The van der Waals surface area contributed by atoms with Crippen LogP contribution >= 0.6 is 0 Å². The molecule has 1 radical (unpaired) electrons. The Balaban J connectivity index is 2.11. The molecule has 2 heteroatoms. The molecule has 1 saturated carbocycles. The summed E-state index contributed by atoms with van der Waals surface area (Å²) in [5.41, 5.74) is 0. The third kappa shape index (κ3) is 0.939. The maximum Gasteiger partial charge on any atom is 0.0569 e. The van der Waals surface area contributed by atoms with E-state index in [9.17, 15) is 0 Å². The topological polar surface area (TPSA) is 17.8 Å². The first-order chi connectivity index (χ1) is 4.88. The summed E-state index contributed by atoms with van der Waals surface area (Å²) >= 11 is 0. The lowest BCUT2D eigenvalue weighted by Gasteiger charge is -2.08. The van der Waals surface area contributed by atoms with E-state index < -0.39 is 0 Å². The fraction of sp³-hybridized carbons (Fsp3) is 0.625. The van der Waals surface area contributed by atoms with Crippen LogP contribution in [0.15, 0.2) is 12.4 Å². The Bertz CT molecular complexity index is 199. The largest absolute Gasteiger partial charge is 0.269 e. The Labute approximate surface area is 60.9 Å². The standard InChI is InChI=1S/C8H11N2/c1-7(8-3-4-8)10-6-2-5-9-10/h5-8H,3-4H2,1H3. The van der Waals surface area contributed by atoms with Crippen LogP contribution in [-0.2, 0) is 0 Å². The molecular formula is C8H11N2. The summed E-state index contributed by atoms with van der Waals surface area (Å²) in [6.45, 7) is 2.22. The second kappa shape index (κ2) is 2.11. The molecule has 1 unspecified atom stereocenters. The van der Waals surface area contributed by atoms with Crippen molar-refractivity contribution < 1.29 is 0 Å². The van der Waals surface area contributed by atoms with Gasteiger partial charge in [0.25, 0.3) is 0 Å². The number of hydrogen-bond acceptors (Lipinski definition) is 1. The van der Waals surface area contributed by atoms with Crippen molar-refractivity contribution in [2.24, 2.45) is 5.92 Å². The van der Waals surface area contributed by atoms with E-state index in [4.69, 9.17) is 0 Å². The first kappa shape index (κ1) is 5.96. The van der Waals surface area contributed by atoms with Gasteiger partial charge in [-0.15, -0.1) is 0 Å². The summed E-state index contributed by atoms with van der Waals surface area (Å²) < 4.78 is 2.00. The van der Waals surface area contributed by atoms with Gasteiger partial charge in [-0.05, 0) is 25.7 Å². The Morgan fingerprint density at radius 3 is 3.00 bits per heavy atom. The van der Waals surface area contributed by atoms with Crippen molar-refractivity contribution in [3.8, 4) is 0 Å². The van der Waals surface area contributed by atoms with Crippen LogP contribution in [0.4, 0.5) is 0 Å². The monoisotopic (exact) mass is 135 g/mol. The molecule has 10 heavy (non-hydrogen) atoms. The van der Waals surface area contributed by atoms with E-state index in [1.807, 2.05) is 10.9 Å². The van der Waals surface area contributed by atoms with Gasteiger partial charge in [0.1, 0.15) is 0 Å². The fourth-order valence-electron chi connectivity index (χ4n) is 1.26. The quantitative estimate of drug-likeness (QED) is 0.603. The number of nitrogens with zero attached hydrogens (tertiary/aromatic N) is 2. The van der Waals surface area contributed by atoms with Gasteiger partial charge in [-0.2, -0.15) is 5.10 Å². The van der Waals surface area contributed by atoms with Crippen LogP contribution in [0.2, 0.25) is 0 Å². The van der Waals surface area contributed by atoms with Crippen LogP contribution in [0.5, 0.6) is 0 Å². The van der Waals surface area contributed by atoms with Crippen molar-refractivity contribution in [2.75, 3.05) is 0 Å². The van der Waals surface area contributed by atoms with E-state index in [1.165, 1.54) is 12.8 Å². The van der Waals surface area contributed by atoms with Gasteiger partial charge in [0, 0.05) is 12.3 Å². The third-order valence-electron chi connectivity index (χ3n) is 2.19. The van der Waals surface area contributed by atoms with Gasteiger partial charge in [0.15, 0.2) is 0 Å². The van der Waals surface area contributed by atoms with Crippen LogP contribution < -0.4 is 0 Å². The molecule has 1 heterocycles. The summed E-state index contributed by atoms with van der Waals surface area (Å²) in [5, 5.41) is 4.14. The summed E-state index contributed by atoms with van der Waals surface area (Å²) in [5.74, 6) is 0.883. The molecule has 1 aliphatic rings. The molecule has 1 aromatic rings. The van der Waals surface area contributed by atoms with Crippen LogP contribution in [0.25, 0.3) is 0 Å². The van der Waals surface area contributed by atoms with E-state index in [0.717, 1.165) is 5.92 Å². The molecule has 2 rings (SSSR count). The molecule has 0 aliphatic heterocycles. The second-order valence-electron chi connectivity index (χ2n) is 3.00. The van der Waals surface area contributed by atoms with E-state index >= 15 is 0 Å². The maximum atomic E-state index is 4.14. The number of aromatic nitrogens is 2. The van der Waals surface area contributed by atoms with Gasteiger partial charge >= 0.3 is 0 Å². The molecular weight excluding hydrogens is 124 g/mol. The molecule has 1 fully saturated rings. The van der Waals surface area contributed by atoms with Crippen LogP contribution in [0.3, 0.4) is 0 Å². The van der Waals surface area contributed by atoms with Gasteiger partial charge in [-0.25, -0.2) is 0 Å². The summed E-state index contributed by atoms with van der Waals surface area (Å²) in [6, 6.07) is 3.53. The highest BCUT2D eigenvalue weighted by atomic mass is 15.3.